The average molecular weight is 263 g/mol. The van der Waals surface area contributed by atoms with Gasteiger partial charge in [0, 0.05) is 30.4 Å². The zero-order valence-corrected chi connectivity index (χ0v) is 11.0. The van der Waals surface area contributed by atoms with E-state index in [0.717, 1.165) is 17.9 Å². The molecule has 0 unspecified atom stereocenters. The quantitative estimate of drug-likeness (QED) is 0.830. The molecule has 0 saturated heterocycles. The Morgan fingerprint density at radius 3 is 2.67 bits per heavy atom. The molecule has 18 heavy (non-hydrogen) atoms. The second-order valence-electron chi connectivity index (χ2n) is 4.15. The van der Waals surface area contributed by atoms with Gasteiger partial charge in [-0.2, -0.15) is 0 Å². The van der Waals surface area contributed by atoms with E-state index in [-0.39, 0.29) is 5.78 Å². The number of aryl methyl sites for hydroxylation is 1. The predicted octanol–water partition coefficient (Wildman–Crippen LogP) is 2.91. The first-order valence-corrected chi connectivity index (χ1v) is 6.33. The summed E-state index contributed by atoms with van der Waals surface area (Å²) in [4.78, 5) is 16.2. The molecule has 3 nitrogen and oxygen atoms in total. The molecule has 0 aliphatic heterocycles. The number of aromatic nitrogens is 2. The number of hydrogen-bond acceptors (Lipinski definition) is 2. The lowest BCUT2D eigenvalue weighted by Crippen LogP contribution is -2.11. The molecule has 1 aromatic carbocycles. The largest absolute Gasteiger partial charge is 0.335 e. The molecule has 0 spiro atoms. The van der Waals surface area contributed by atoms with Crippen molar-refractivity contribution in [3.05, 3.63) is 53.1 Å². The van der Waals surface area contributed by atoms with Crippen LogP contribution >= 0.6 is 11.6 Å². The Balaban J connectivity index is 1.99. The van der Waals surface area contributed by atoms with E-state index in [9.17, 15) is 4.79 Å². The van der Waals surface area contributed by atoms with Crippen molar-refractivity contribution in [3.8, 4) is 0 Å². The second-order valence-corrected chi connectivity index (χ2v) is 4.58. The van der Waals surface area contributed by atoms with Crippen LogP contribution in [0.15, 0.2) is 36.7 Å². The molecule has 2 aromatic rings. The fourth-order valence-corrected chi connectivity index (χ4v) is 1.99. The van der Waals surface area contributed by atoms with E-state index < -0.39 is 0 Å². The topological polar surface area (TPSA) is 34.9 Å². The van der Waals surface area contributed by atoms with Gasteiger partial charge in [-0.3, -0.25) is 4.79 Å². The zero-order chi connectivity index (χ0) is 13.0. The molecule has 0 bridgehead atoms. The first-order valence-electron chi connectivity index (χ1n) is 5.95. The van der Waals surface area contributed by atoms with Gasteiger partial charge in [0.1, 0.15) is 11.6 Å². The van der Waals surface area contributed by atoms with Crippen LogP contribution < -0.4 is 0 Å². The van der Waals surface area contributed by atoms with Gasteiger partial charge in [0.25, 0.3) is 0 Å². The van der Waals surface area contributed by atoms with Crippen LogP contribution in [0.5, 0.6) is 0 Å². The fraction of sp³-hybridized carbons (Fsp3) is 0.286. The van der Waals surface area contributed by atoms with Gasteiger partial charge in [-0.15, -0.1) is 0 Å². The smallest absolute Gasteiger partial charge is 0.144 e. The second kappa shape index (κ2) is 5.83. The predicted molar refractivity (Wildman–Crippen MR) is 71.8 cm³/mol. The van der Waals surface area contributed by atoms with E-state index in [0.29, 0.717) is 17.9 Å². The van der Waals surface area contributed by atoms with Crippen LogP contribution in [0.1, 0.15) is 18.3 Å². The Hall–Kier alpha value is -1.61. The maximum absolute atomic E-state index is 11.9. The molecular weight excluding hydrogens is 248 g/mol. The van der Waals surface area contributed by atoms with Crippen LogP contribution in [0, 0.1) is 0 Å². The van der Waals surface area contributed by atoms with Crippen molar-refractivity contribution in [3.63, 3.8) is 0 Å². The standard InChI is InChI=1S/C14H15ClN2O/c1-2-17-8-7-16-14(17)10-13(18)9-11-3-5-12(15)6-4-11/h3-8H,2,9-10H2,1H3. The molecule has 94 valence electrons. The average Bonchev–Trinajstić information content (AvgIpc) is 2.79. The van der Waals surface area contributed by atoms with Crippen molar-refractivity contribution in [2.45, 2.75) is 26.3 Å². The van der Waals surface area contributed by atoms with Crippen molar-refractivity contribution in [1.82, 2.24) is 9.55 Å². The summed E-state index contributed by atoms with van der Waals surface area (Å²) in [6, 6.07) is 7.37. The lowest BCUT2D eigenvalue weighted by Gasteiger charge is -2.04. The molecule has 0 aliphatic rings. The van der Waals surface area contributed by atoms with Crippen molar-refractivity contribution >= 4 is 17.4 Å². The molecule has 2 rings (SSSR count). The summed E-state index contributed by atoms with van der Waals surface area (Å²) in [6.07, 6.45) is 4.43. The zero-order valence-electron chi connectivity index (χ0n) is 10.3. The lowest BCUT2D eigenvalue weighted by molar-refractivity contribution is -0.117. The summed E-state index contributed by atoms with van der Waals surface area (Å²) in [7, 11) is 0. The molecule has 0 fully saturated rings. The molecular formula is C14H15ClN2O. The Kier molecular flexibility index (Phi) is 4.15. The van der Waals surface area contributed by atoms with Gasteiger partial charge in [-0.05, 0) is 24.6 Å². The minimum Gasteiger partial charge on any atom is -0.335 e. The number of carbonyl (C=O) groups is 1. The lowest BCUT2D eigenvalue weighted by atomic mass is 10.1. The van der Waals surface area contributed by atoms with Gasteiger partial charge in [0.15, 0.2) is 0 Å². The number of Topliss-reactive ketones (excluding diaryl/α,β-unsaturated/α-hetero) is 1. The van der Waals surface area contributed by atoms with Crippen LogP contribution in [0.2, 0.25) is 5.02 Å². The summed E-state index contributed by atoms with van der Waals surface area (Å²) in [5.41, 5.74) is 0.985. The molecule has 0 atom stereocenters. The van der Waals surface area contributed by atoms with Crippen LogP contribution in [0.4, 0.5) is 0 Å². The van der Waals surface area contributed by atoms with Gasteiger partial charge < -0.3 is 4.57 Å². The number of carbonyl (C=O) groups excluding carboxylic acids is 1. The summed E-state index contributed by atoms with van der Waals surface area (Å²) >= 11 is 5.80. The maximum Gasteiger partial charge on any atom is 0.144 e. The highest BCUT2D eigenvalue weighted by molar-refractivity contribution is 6.30. The monoisotopic (exact) mass is 262 g/mol. The Bertz CT molecular complexity index is 531. The maximum atomic E-state index is 11.9. The number of benzene rings is 1. The van der Waals surface area contributed by atoms with Crippen molar-refractivity contribution < 1.29 is 4.79 Å². The van der Waals surface area contributed by atoms with Crippen LogP contribution in [0.3, 0.4) is 0 Å². The summed E-state index contributed by atoms with van der Waals surface area (Å²) < 4.78 is 1.99. The number of imidazole rings is 1. The highest BCUT2D eigenvalue weighted by Crippen LogP contribution is 2.11. The third-order valence-electron chi connectivity index (χ3n) is 2.81. The van der Waals surface area contributed by atoms with Gasteiger partial charge in [0.05, 0.1) is 6.42 Å². The number of ketones is 1. The molecule has 0 saturated carbocycles. The molecule has 1 aromatic heterocycles. The Morgan fingerprint density at radius 1 is 1.28 bits per heavy atom. The Morgan fingerprint density at radius 2 is 2.00 bits per heavy atom. The van der Waals surface area contributed by atoms with E-state index in [1.165, 1.54) is 0 Å². The van der Waals surface area contributed by atoms with Crippen LogP contribution in [-0.2, 0) is 24.2 Å². The van der Waals surface area contributed by atoms with Crippen molar-refractivity contribution in [2.75, 3.05) is 0 Å². The normalized spacial score (nSPS) is 10.6. The van der Waals surface area contributed by atoms with Gasteiger partial charge in [-0.25, -0.2) is 4.98 Å². The van der Waals surface area contributed by atoms with E-state index in [2.05, 4.69) is 4.98 Å². The van der Waals surface area contributed by atoms with E-state index in [4.69, 9.17) is 11.6 Å². The third-order valence-corrected chi connectivity index (χ3v) is 3.06. The molecule has 0 N–H and O–H groups in total. The minimum absolute atomic E-state index is 0.165. The van der Waals surface area contributed by atoms with Gasteiger partial charge in [0.2, 0.25) is 0 Å². The first kappa shape index (κ1) is 12.8. The number of rotatable bonds is 5. The van der Waals surface area contributed by atoms with Crippen molar-refractivity contribution in [2.24, 2.45) is 0 Å². The fourth-order valence-electron chi connectivity index (χ4n) is 1.86. The molecule has 0 amide bonds. The van der Waals surface area contributed by atoms with Crippen LogP contribution in [-0.4, -0.2) is 15.3 Å². The molecule has 1 heterocycles. The van der Waals surface area contributed by atoms with Crippen molar-refractivity contribution in [1.29, 1.82) is 0 Å². The number of halogens is 1. The highest BCUT2D eigenvalue weighted by Gasteiger charge is 2.09. The van der Waals surface area contributed by atoms with E-state index in [1.807, 2.05) is 29.8 Å². The van der Waals surface area contributed by atoms with Gasteiger partial charge >= 0.3 is 0 Å². The molecule has 0 radical (unpaired) electrons. The summed E-state index contributed by atoms with van der Waals surface area (Å²) in [5, 5.41) is 0.688. The molecule has 4 heteroatoms. The minimum atomic E-state index is 0.165. The van der Waals surface area contributed by atoms with Crippen LogP contribution in [0.25, 0.3) is 0 Å². The highest BCUT2D eigenvalue weighted by atomic mass is 35.5. The molecule has 0 aliphatic carbocycles. The number of nitrogens with zero attached hydrogens (tertiary/aromatic N) is 2. The van der Waals surface area contributed by atoms with E-state index in [1.54, 1.807) is 18.3 Å². The third kappa shape index (κ3) is 3.20. The number of hydrogen-bond donors (Lipinski definition) is 0. The first-order chi connectivity index (χ1) is 8.69. The van der Waals surface area contributed by atoms with Gasteiger partial charge in [-0.1, -0.05) is 23.7 Å². The van der Waals surface area contributed by atoms with E-state index >= 15 is 0 Å². The SMILES string of the molecule is CCn1ccnc1CC(=O)Cc1ccc(Cl)cc1. The Labute approximate surface area is 111 Å². The summed E-state index contributed by atoms with van der Waals surface area (Å²) in [6.45, 7) is 2.87. The summed E-state index contributed by atoms with van der Waals surface area (Å²) in [5.74, 6) is 0.995.